The van der Waals surface area contributed by atoms with Gasteiger partial charge in [0.15, 0.2) is 0 Å². The van der Waals surface area contributed by atoms with Gasteiger partial charge in [-0.25, -0.2) is 0 Å². The van der Waals surface area contributed by atoms with Gasteiger partial charge in [0, 0.05) is 47.7 Å². The van der Waals surface area contributed by atoms with Crippen LogP contribution in [0.2, 0.25) is 0 Å². The number of carbonyl (C=O) groups excluding carboxylic acids is 1. The van der Waals surface area contributed by atoms with Gasteiger partial charge in [0.05, 0.1) is 6.61 Å². The zero-order valence-corrected chi connectivity index (χ0v) is 21.5. The quantitative estimate of drug-likeness (QED) is 0.405. The first-order valence-corrected chi connectivity index (χ1v) is 13.6. The molecule has 4 unspecified atom stereocenters. The summed E-state index contributed by atoms with van der Waals surface area (Å²) in [5.74, 6) is 1.02. The summed E-state index contributed by atoms with van der Waals surface area (Å²) in [6.07, 6.45) is 6.82. The molecule has 2 aliphatic carbocycles. The molecule has 1 aliphatic heterocycles. The zero-order chi connectivity index (χ0) is 23.9. The molecule has 2 aromatic rings. The van der Waals surface area contributed by atoms with Crippen LogP contribution in [0.1, 0.15) is 52.7 Å². The van der Waals surface area contributed by atoms with E-state index in [1.54, 1.807) is 18.9 Å². The molecule has 1 saturated heterocycles. The highest BCUT2D eigenvalue weighted by atomic mass is 32.2. The molecule has 0 bridgehead atoms. The maximum Gasteiger partial charge on any atom is 0.251 e. The van der Waals surface area contributed by atoms with Crippen LogP contribution in [0.15, 0.2) is 41.3 Å². The molecule has 2 saturated carbocycles. The highest BCUT2D eigenvalue weighted by Gasteiger charge is 2.68. The van der Waals surface area contributed by atoms with Crippen molar-refractivity contribution in [2.24, 2.45) is 5.41 Å². The monoisotopic (exact) mass is 480 g/mol. The van der Waals surface area contributed by atoms with Crippen molar-refractivity contribution in [3.8, 4) is 5.75 Å². The Balaban J connectivity index is 1.23. The molecule has 5 rings (SSSR count). The van der Waals surface area contributed by atoms with E-state index in [2.05, 4.69) is 42.5 Å². The van der Waals surface area contributed by atoms with E-state index in [1.807, 2.05) is 24.3 Å². The van der Waals surface area contributed by atoms with Crippen LogP contribution in [0.4, 0.5) is 0 Å². The molecule has 2 aromatic carbocycles. The van der Waals surface area contributed by atoms with Gasteiger partial charge < -0.3 is 14.8 Å². The van der Waals surface area contributed by atoms with Crippen LogP contribution in [0.25, 0.3) is 0 Å². The van der Waals surface area contributed by atoms with Gasteiger partial charge in [-0.1, -0.05) is 6.07 Å². The highest BCUT2D eigenvalue weighted by Crippen LogP contribution is 2.65. The second kappa shape index (κ2) is 9.56. The third-order valence-electron chi connectivity index (χ3n) is 8.58. The van der Waals surface area contributed by atoms with Crippen molar-refractivity contribution in [3.63, 3.8) is 0 Å². The van der Waals surface area contributed by atoms with E-state index in [0.29, 0.717) is 30.7 Å². The van der Waals surface area contributed by atoms with Gasteiger partial charge in [-0.2, -0.15) is 0 Å². The lowest BCUT2D eigenvalue weighted by atomic mass is 9.53. The standard InChI is InChI=1S/C28H36N2O3S/c1-18-19(2)24(33-14-13-32-3)10-7-21(18)17-30-25-11-12-28(25)16-22(15-26(28)30)29-27(31)20-5-8-23(34-4)9-6-20/h5-10,22,25-26H,11-17H2,1-4H3,(H,29,31). The molecule has 3 aliphatic rings. The van der Waals surface area contributed by atoms with E-state index >= 15 is 0 Å². The number of nitrogens with one attached hydrogen (secondary N) is 1. The van der Waals surface area contributed by atoms with Crippen molar-refractivity contribution in [2.45, 2.75) is 69.1 Å². The van der Waals surface area contributed by atoms with Gasteiger partial charge in [0.25, 0.3) is 5.91 Å². The number of likely N-dealkylation sites (tertiary alicyclic amines) is 1. The smallest absolute Gasteiger partial charge is 0.251 e. The minimum Gasteiger partial charge on any atom is -0.491 e. The Labute approximate surface area is 207 Å². The normalized spacial score (nSPS) is 27.4. The molecular formula is C28H36N2O3S. The molecule has 1 heterocycles. The van der Waals surface area contributed by atoms with E-state index in [0.717, 1.165) is 30.7 Å². The Morgan fingerprint density at radius 2 is 1.91 bits per heavy atom. The number of hydrogen-bond acceptors (Lipinski definition) is 5. The summed E-state index contributed by atoms with van der Waals surface area (Å²) in [6.45, 7) is 6.52. The Kier molecular flexibility index (Phi) is 6.66. The molecule has 4 atom stereocenters. The number of methoxy groups -OCH3 is 1. The lowest BCUT2D eigenvalue weighted by Gasteiger charge is -2.68. The topological polar surface area (TPSA) is 50.8 Å². The van der Waals surface area contributed by atoms with Crippen molar-refractivity contribution in [2.75, 3.05) is 26.6 Å². The van der Waals surface area contributed by atoms with Gasteiger partial charge in [0.2, 0.25) is 0 Å². The van der Waals surface area contributed by atoms with Crippen molar-refractivity contribution in [1.29, 1.82) is 0 Å². The Hall–Kier alpha value is -2.02. The molecule has 5 nitrogen and oxygen atoms in total. The van der Waals surface area contributed by atoms with Crippen LogP contribution >= 0.6 is 11.8 Å². The fraction of sp³-hybridized carbons (Fsp3) is 0.536. The van der Waals surface area contributed by atoms with Crippen molar-refractivity contribution >= 4 is 17.7 Å². The van der Waals surface area contributed by atoms with E-state index in [1.165, 1.54) is 34.4 Å². The number of thioether (sulfide) groups is 1. The predicted octanol–water partition coefficient (Wildman–Crippen LogP) is 4.98. The van der Waals surface area contributed by atoms with Crippen LogP contribution in [0.5, 0.6) is 5.75 Å². The van der Waals surface area contributed by atoms with Gasteiger partial charge in [-0.3, -0.25) is 9.69 Å². The SMILES string of the molecule is COCCOc1ccc(CN2C3CCC34CC(NC(=O)c3ccc(SC)cc3)CC24)c(C)c1C. The van der Waals surface area contributed by atoms with Gasteiger partial charge in [-0.15, -0.1) is 11.8 Å². The van der Waals surface area contributed by atoms with Crippen LogP contribution in [-0.4, -0.2) is 55.5 Å². The fourth-order valence-corrected chi connectivity index (χ4v) is 6.91. The number of hydrogen-bond donors (Lipinski definition) is 1. The van der Waals surface area contributed by atoms with Gasteiger partial charge in [0.1, 0.15) is 12.4 Å². The number of rotatable bonds is 9. The van der Waals surface area contributed by atoms with Crippen molar-refractivity contribution < 1.29 is 14.3 Å². The molecule has 0 aromatic heterocycles. The lowest BCUT2D eigenvalue weighted by molar-refractivity contribution is -0.193. The Bertz CT molecular complexity index is 1060. The summed E-state index contributed by atoms with van der Waals surface area (Å²) in [5.41, 5.74) is 5.11. The first kappa shape index (κ1) is 23.7. The summed E-state index contributed by atoms with van der Waals surface area (Å²) in [4.78, 5) is 16.8. The third kappa shape index (κ3) is 4.04. The maximum atomic E-state index is 12.9. The first-order valence-electron chi connectivity index (χ1n) is 12.4. The van der Waals surface area contributed by atoms with Crippen LogP contribution in [-0.2, 0) is 11.3 Å². The van der Waals surface area contributed by atoms with Crippen LogP contribution in [0, 0.1) is 19.3 Å². The van der Waals surface area contributed by atoms with Crippen LogP contribution in [0.3, 0.4) is 0 Å². The molecule has 1 amide bonds. The first-order chi connectivity index (χ1) is 16.5. The van der Waals surface area contributed by atoms with Gasteiger partial charge >= 0.3 is 0 Å². The largest absolute Gasteiger partial charge is 0.491 e. The summed E-state index contributed by atoms with van der Waals surface area (Å²) < 4.78 is 11.0. The Morgan fingerprint density at radius 3 is 2.59 bits per heavy atom. The lowest BCUT2D eigenvalue weighted by Crippen LogP contribution is -2.74. The van der Waals surface area contributed by atoms with E-state index in [9.17, 15) is 4.79 Å². The number of ether oxygens (including phenoxy) is 2. The number of carbonyl (C=O) groups is 1. The third-order valence-corrected chi connectivity index (χ3v) is 9.32. The number of amides is 1. The molecule has 0 radical (unpaired) electrons. The van der Waals surface area contributed by atoms with Crippen molar-refractivity contribution in [1.82, 2.24) is 10.2 Å². The Morgan fingerprint density at radius 1 is 1.12 bits per heavy atom. The molecule has 1 spiro atoms. The zero-order valence-electron chi connectivity index (χ0n) is 20.7. The molecule has 182 valence electrons. The fourth-order valence-electron chi connectivity index (χ4n) is 6.50. The maximum absolute atomic E-state index is 12.9. The molecular weight excluding hydrogens is 444 g/mol. The summed E-state index contributed by atoms with van der Waals surface area (Å²) in [5, 5.41) is 3.35. The molecule has 3 fully saturated rings. The second-order valence-corrected chi connectivity index (χ2v) is 11.0. The van der Waals surface area contributed by atoms with E-state index < -0.39 is 0 Å². The van der Waals surface area contributed by atoms with Crippen molar-refractivity contribution in [3.05, 3.63) is 58.7 Å². The predicted molar refractivity (Wildman–Crippen MR) is 137 cm³/mol. The minimum absolute atomic E-state index is 0.0632. The highest BCUT2D eigenvalue weighted by molar-refractivity contribution is 7.98. The molecule has 6 heteroatoms. The summed E-state index contributed by atoms with van der Waals surface area (Å²) in [7, 11) is 1.69. The average Bonchev–Trinajstić information content (AvgIpc) is 3.21. The molecule has 34 heavy (non-hydrogen) atoms. The number of piperidine rings is 1. The minimum atomic E-state index is 0.0632. The molecule has 1 N–H and O–H groups in total. The number of nitrogens with zero attached hydrogens (tertiary/aromatic N) is 1. The van der Waals surface area contributed by atoms with Gasteiger partial charge in [-0.05, 0) is 92.8 Å². The average molecular weight is 481 g/mol. The van der Waals surface area contributed by atoms with E-state index in [-0.39, 0.29) is 11.9 Å². The number of benzene rings is 2. The van der Waals surface area contributed by atoms with Crippen LogP contribution < -0.4 is 10.1 Å². The van der Waals surface area contributed by atoms with E-state index in [4.69, 9.17) is 9.47 Å². The second-order valence-electron chi connectivity index (χ2n) is 10.1. The summed E-state index contributed by atoms with van der Waals surface area (Å²) >= 11 is 1.70. The summed E-state index contributed by atoms with van der Waals surface area (Å²) in [6, 6.07) is 13.8.